The Morgan fingerprint density at radius 1 is 1.17 bits per heavy atom. The maximum atomic E-state index is 13.7. The second-order valence-corrected chi connectivity index (χ2v) is 12.5. The summed E-state index contributed by atoms with van der Waals surface area (Å²) in [5, 5.41) is 11.0. The van der Waals surface area contributed by atoms with Crippen LogP contribution in [0.5, 0.6) is 0 Å². The van der Waals surface area contributed by atoms with E-state index in [1.165, 1.54) is 19.1 Å². The number of anilines is 1. The average molecular weight is 594 g/mol. The monoisotopic (exact) mass is 593 g/mol. The molecule has 0 spiro atoms. The minimum absolute atomic E-state index is 0.0936. The van der Waals surface area contributed by atoms with Crippen LogP contribution in [0.3, 0.4) is 0 Å². The van der Waals surface area contributed by atoms with Crippen LogP contribution in [0.1, 0.15) is 71.1 Å². The Morgan fingerprint density at radius 3 is 2.41 bits per heavy atom. The zero-order valence-electron chi connectivity index (χ0n) is 24.2. The van der Waals surface area contributed by atoms with E-state index in [-0.39, 0.29) is 42.3 Å². The van der Waals surface area contributed by atoms with Crippen LogP contribution in [-0.4, -0.2) is 66.9 Å². The Labute approximate surface area is 241 Å². The normalized spacial score (nSPS) is 16.3. The number of nitrogens with one attached hydrogen (secondary N) is 1. The molecule has 2 N–H and O–H groups in total. The van der Waals surface area contributed by atoms with Gasteiger partial charge >= 0.3 is 5.97 Å². The molecule has 2 unspecified atom stereocenters. The van der Waals surface area contributed by atoms with Crippen LogP contribution in [-0.2, 0) is 29.0 Å². The van der Waals surface area contributed by atoms with Crippen molar-refractivity contribution in [1.82, 2.24) is 9.97 Å². The lowest BCUT2D eigenvalue weighted by Crippen LogP contribution is -2.33. The molecule has 2 aromatic rings. The van der Waals surface area contributed by atoms with Gasteiger partial charge < -0.3 is 19.3 Å². The average Bonchev–Trinajstić information content (AvgIpc) is 2.92. The van der Waals surface area contributed by atoms with Crippen molar-refractivity contribution in [1.29, 1.82) is 0 Å². The quantitative estimate of drug-likeness (QED) is 0.318. The van der Waals surface area contributed by atoms with Gasteiger partial charge in [-0.05, 0) is 43.5 Å². The van der Waals surface area contributed by atoms with Crippen LogP contribution < -0.4 is 4.72 Å². The van der Waals surface area contributed by atoms with Gasteiger partial charge in [0.05, 0.1) is 42.4 Å². The number of carbonyl (C=O) groups is 1. The van der Waals surface area contributed by atoms with Gasteiger partial charge in [-0.3, -0.25) is 9.52 Å². The van der Waals surface area contributed by atoms with Crippen molar-refractivity contribution < 1.29 is 36.9 Å². The van der Waals surface area contributed by atoms with Crippen molar-refractivity contribution in [3.05, 3.63) is 47.4 Å². The Kier molecular flexibility index (Phi) is 11.8. The molecule has 2 atom stereocenters. The van der Waals surface area contributed by atoms with Gasteiger partial charge in [0.15, 0.2) is 6.29 Å². The van der Waals surface area contributed by atoms with Crippen LogP contribution >= 0.6 is 0 Å². The Balaban J connectivity index is 1.95. The van der Waals surface area contributed by atoms with Crippen LogP contribution in [0.4, 0.5) is 10.3 Å². The summed E-state index contributed by atoms with van der Waals surface area (Å²) in [6.07, 6.45) is 2.15. The SMILES string of the molecule is CCS(=O)(=O)Nc1nc(-c2ccc(F)cc2)c(C=CC(O)CC(CC2OCCCO2)OC(=O)C(C)C)c(C(C)C)n1. The number of rotatable bonds is 13. The summed E-state index contributed by atoms with van der Waals surface area (Å²) >= 11 is 0. The van der Waals surface area contributed by atoms with Gasteiger partial charge in [-0.25, -0.2) is 22.8 Å². The summed E-state index contributed by atoms with van der Waals surface area (Å²) in [7, 11) is -3.66. The van der Waals surface area contributed by atoms with Gasteiger partial charge in [-0.1, -0.05) is 39.8 Å². The zero-order chi connectivity index (χ0) is 30.2. The van der Waals surface area contributed by atoms with Crippen LogP contribution in [0, 0.1) is 11.7 Å². The number of halogens is 1. The van der Waals surface area contributed by atoms with E-state index in [0.29, 0.717) is 35.7 Å². The van der Waals surface area contributed by atoms with Gasteiger partial charge in [0.1, 0.15) is 11.9 Å². The van der Waals surface area contributed by atoms with E-state index in [0.717, 1.165) is 6.42 Å². The molecular weight excluding hydrogens is 553 g/mol. The molecule has 226 valence electrons. The summed E-state index contributed by atoms with van der Waals surface area (Å²) in [6.45, 7) is 9.86. The fourth-order valence-corrected chi connectivity index (χ4v) is 4.63. The van der Waals surface area contributed by atoms with E-state index < -0.39 is 34.3 Å². The van der Waals surface area contributed by atoms with E-state index in [1.54, 1.807) is 38.1 Å². The molecular formula is C29H40FN3O7S. The van der Waals surface area contributed by atoms with Crippen molar-refractivity contribution in [2.24, 2.45) is 5.92 Å². The minimum atomic E-state index is -3.66. The number of hydrogen-bond acceptors (Lipinski definition) is 9. The van der Waals surface area contributed by atoms with Crippen molar-refractivity contribution in [2.45, 2.75) is 78.3 Å². The van der Waals surface area contributed by atoms with Gasteiger partial charge in [0.2, 0.25) is 16.0 Å². The highest BCUT2D eigenvalue weighted by Crippen LogP contribution is 2.31. The first-order valence-electron chi connectivity index (χ1n) is 13.9. The van der Waals surface area contributed by atoms with E-state index in [1.807, 2.05) is 13.8 Å². The molecule has 0 radical (unpaired) electrons. The molecule has 1 saturated heterocycles. The lowest BCUT2D eigenvalue weighted by Gasteiger charge is -2.28. The number of nitrogens with zero attached hydrogens (tertiary/aromatic N) is 2. The number of ether oxygens (including phenoxy) is 3. The number of aliphatic hydroxyl groups is 1. The van der Waals surface area contributed by atoms with Crippen LogP contribution in [0.25, 0.3) is 17.3 Å². The third-order valence-corrected chi connectivity index (χ3v) is 7.62. The van der Waals surface area contributed by atoms with Crippen LogP contribution in [0.2, 0.25) is 0 Å². The third kappa shape index (κ3) is 9.84. The number of hydrogen-bond donors (Lipinski definition) is 2. The van der Waals surface area contributed by atoms with Crippen molar-refractivity contribution in [3.8, 4) is 11.3 Å². The van der Waals surface area contributed by atoms with Gasteiger partial charge in [0.25, 0.3) is 0 Å². The lowest BCUT2D eigenvalue weighted by molar-refractivity contribution is -0.198. The maximum absolute atomic E-state index is 13.7. The standard InChI is InChI=1S/C29H40FN3O7S/c1-6-41(36,37)33-29-31-26(18(2)3)24(27(32-29)20-8-10-21(30)11-9-20)13-12-22(34)16-23(40-28(35)19(4)5)17-25-38-14-7-15-39-25/h8-13,18-19,22-23,25,34H,6-7,14-17H2,1-5H3,(H,31,32,33). The highest BCUT2D eigenvalue weighted by atomic mass is 32.2. The Hall–Kier alpha value is -2.93. The summed E-state index contributed by atoms with van der Waals surface area (Å²) in [5.74, 6) is -1.57. The molecule has 1 aromatic heterocycles. The molecule has 3 rings (SSSR count). The van der Waals surface area contributed by atoms with Crippen molar-refractivity contribution >= 4 is 28.0 Å². The molecule has 0 aliphatic carbocycles. The third-order valence-electron chi connectivity index (χ3n) is 6.36. The van der Waals surface area contributed by atoms with Crippen molar-refractivity contribution in [2.75, 3.05) is 23.7 Å². The fraction of sp³-hybridized carbons (Fsp3) is 0.552. The van der Waals surface area contributed by atoms with E-state index in [2.05, 4.69) is 14.7 Å². The summed E-state index contributed by atoms with van der Waals surface area (Å²) in [6, 6.07) is 5.65. The molecule has 0 amide bonds. The molecule has 1 fully saturated rings. The topological polar surface area (TPSA) is 137 Å². The van der Waals surface area contributed by atoms with Crippen molar-refractivity contribution in [3.63, 3.8) is 0 Å². The van der Waals surface area contributed by atoms with Gasteiger partial charge in [0, 0.05) is 24.0 Å². The van der Waals surface area contributed by atoms with Gasteiger partial charge in [-0.15, -0.1) is 0 Å². The molecule has 41 heavy (non-hydrogen) atoms. The fourth-order valence-electron chi connectivity index (χ4n) is 4.11. The number of benzene rings is 1. The predicted octanol–water partition coefficient (Wildman–Crippen LogP) is 4.65. The smallest absolute Gasteiger partial charge is 0.308 e. The minimum Gasteiger partial charge on any atom is -0.462 e. The molecule has 0 bridgehead atoms. The largest absolute Gasteiger partial charge is 0.462 e. The van der Waals surface area contributed by atoms with Crippen LogP contribution in [0.15, 0.2) is 30.3 Å². The van der Waals surface area contributed by atoms with E-state index in [9.17, 15) is 22.7 Å². The molecule has 0 saturated carbocycles. The first-order chi connectivity index (χ1) is 19.4. The number of sulfonamides is 1. The van der Waals surface area contributed by atoms with E-state index >= 15 is 0 Å². The maximum Gasteiger partial charge on any atom is 0.308 e. The summed E-state index contributed by atoms with van der Waals surface area (Å²) in [4.78, 5) is 21.3. The number of carbonyl (C=O) groups excluding carboxylic acids is 1. The second-order valence-electron chi connectivity index (χ2n) is 10.5. The molecule has 1 aliphatic rings. The molecule has 1 aromatic carbocycles. The number of esters is 1. The molecule has 2 heterocycles. The number of aromatic nitrogens is 2. The zero-order valence-corrected chi connectivity index (χ0v) is 25.0. The lowest BCUT2D eigenvalue weighted by atomic mass is 9.97. The molecule has 12 heteroatoms. The highest BCUT2D eigenvalue weighted by Gasteiger charge is 2.26. The number of aliphatic hydroxyl groups excluding tert-OH is 1. The molecule has 1 aliphatic heterocycles. The summed E-state index contributed by atoms with van der Waals surface area (Å²) < 4.78 is 57.6. The van der Waals surface area contributed by atoms with E-state index in [4.69, 9.17) is 14.2 Å². The summed E-state index contributed by atoms with van der Waals surface area (Å²) in [5.41, 5.74) is 1.98. The highest BCUT2D eigenvalue weighted by molar-refractivity contribution is 7.92. The van der Waals surface area contributed by atoms with Gasteiger partial charge in [-0.2, -0.15) is 0 Å². The first kappa shape index (κ1) is 32.6. The molecule has 10 nitrogen and oxygen atoms in total. The Morgan fingerprint density at radius 2 is 1.83 bits per heavy atom. The predicted molar refractivity (Wildman–Crippen MR) is 154 cm³/mol. The Bertz CT molecular complexity index is 1290. The first-order valence-corrected chi connectivity index (χ1v) is 15.5. The second kappa shape index (κ2) is 14.8.